The molecule has 0 aliphatic heterocycles. The summed E-state index contributed by atoms with van der Waals surface area (Å²) < 4.78 is 1.82. The summed E-state index contributed by atoms with van der Waals surface area (Å²) in [7, 11) is 4.04. The van der Waals surface area contributed by atoms with Gasteiger partial charge in [0.25, 0.3) is 0 Å². The fourth-order valence-electron chi connectivity index (χ4n) is 2.59. The van der Waals surface area contributed by atoms with Gasteiger partial charge in [0.1, 0.15) is 5.01 Å². The van der Waals surface area contributed by atoms with Crippen LogP contribution in [0.1, 0.15) is 10.6 Å². The van der Waals surface area contributed by atoms with E-state index in [1.54, 1.807) is 11.3 Å². The zero-order valence-corrected chi connectivity index (χ0v) is 15.4. The van der Waals surface area contributed by atoms with E-state index in [0.717, 1.165) is 38.5 Å². The molecule has 2 heterocycles. The lowest BCUT2D eigenvalue weighted by atomic mass is 10.2. The Bertz CT molecular complexity index is 1000. The Labute approximate surface area is 154 Å². The number of rotatable bonds is 4. The number of aromatic nitrogens is 4. The summed E-state index contributed by atoms with van der Waals surface area (Å²) in [5, 5.41) is 15.0. The van der Waals surface area contributed by atoms with E-state index in [2.05, 4.69) is 27.2 Å². The Hall–Kier alpha value is -2.44. The van der Waals surface area contributed by atoms with Crippen molar-refractivity contribution in [3.8, 4) is 11.4 Å². The Kier molecular flexibility index (Phi) is 4.15. The number of benzene rings is 2. The highest BCUT2D eigenvalue weighted by Crippen LogP contribution is 2.25. The van der Waals surface area contributed by atoms with Crippen LogP contribution >= 0.6 is 22.9 Å². The molecule has 2 aromatic heterocycles. The summed E-state index contributed by atoms with van der Waals surface area (Å²) in [5.74, 6) is 0.763. The number of halogens is 1. The van der Waals surface area contributed by atoms with Crippen LogP contribution in [0.2, 0.25) is 5.02 Å². The van der Waals surface area contributed by atoms with Gasteiger partial charge < -0.3 is 4.90 Å². The summed E-state index contributed by atoms with van der Waals surface area (Å²) in [6.45, 7) is 0. The fourth-order valence-corrected chi connectivity index (χ4v) is 3.59. The Morgan fingerprint density at radius 3 is 2.40 bits per heavy atom. The maximum absolute atomic E-state index is 5.94. The van der Waals surface area contributed by atoms with Gasteiger partial charge in [-0.05, 0) is 42.0 Å². The highest BCUT2D eigenvalue weighted by molar-refractivity contribution is 7.16. The number of hydrogen-bond acceptors (Lipinski definition) is 5. The molecule has 4 aromatic rings. The van der Waals surface area contributed by atoms with Crippen molar-refractivity contribution in [2.75, 3.05) is 19.0 Å². The van der Waals surface area contributed by atoms with E-state index >= 15 is 0 Å². The van der Waals surface area contributed by atoms with E-state index in [4.69, 9.17) is 16.7 Å². The molecular weight excluding hydrogens is 354 g/mol. The van der Waals surface area contributed by atoms with Crippen molar-refractivity contribution < 1.29 is 0 Å². The average molecular weight is 370 g/mol. The molecule has 25 heavy (non-hydrogen) atoms. The highest BCUT2D eigenvalue weighted by atomic mass is 35.5. The van der Waals surface area contributed by atoms with E-state index in [0.29, 0.717) is 0 Å². The molecule has 0 saturated carbocycles. The average Bonchev–Trinajstić information content (AvgIpc) is 3.17. The van der Waals surface area contributed by atoms with Crippen LogP contribution in [-0.2, 0) is 6.42 Å². The molecule has 126 valence electrons. The molecule has 0 saturated heterocycles. The van der Waals surface area contributed by atoms with E-state index in [-0.39, 0.29) is 0 Å². The maximum Gasteiger partial charge on any atom is 0.234 e. The topological polar surface area (TPSA) is 46.3 Å². The normalized spacial score (nSPS) is 11.2. The van der Waals surface area contributed by atoms with Gasteiger partial charge in [-0.1, -0.05) is 35.1 Å². The summed E-state index contributed by atoms with van der Waals surface area (Å²) in [4.78, 5) is 2.87. The van der Waals surface area contributed by atoms with Crippen molar-refractivity contribution in [2.45, 2.75) is 6.42 Å². The standard InChI is InChI=1S/C18H16ClN5S/c1-23(2)15-9-5-13(6-10-15)17-20-21-18-24(17)22-16(25-18)11-12-3-7-14(19)8-4-12/h3-10H,11H2,1-2H3. The van der Waals surface area contributed by atoms with Crippen LogP contribution in [0.3, 0.4) is 0 Å². The number of anilines is 1. The molecule has 2 aromatic carbocycles. The minimum atomic E-state index is 0.741. The Morgan fingerprint density at radius 2 is 1.72 bits per heavy atom. The molecule has 0 N–H and O–H groups in total. The first-order valence-electron chi connectivity index (χ1n) is 7.83. The van der Waals surface area contributed by atoms with Gasteiger partial charge in [0, 0.05) is 36.8 Å². The smallest absolute Gasteiger partial charge is 0.234 e. The molecule has 0 amide bonds. The minimum absolute atomic E-state index is 0.741. The van der Waals surface area contributed by atoms with Crippen LogP contribution in [-0.4, -0.2) is 33.9 Å². The van der Waals surface area contributed by atoms with E-state index in [9.17, 15) is 0 Å². The third kappa shape index (κ3) is 3.23. The molecule has 0 atom stereocenters. The van der Waals surface area contributed by atoms with Crippen LogP contribution in [0.25, 0.3) is 16.3 Å². The van der Waals surface area contributed by atoms with Crippen LogP contribution < -0.4 is 4.90 Å². The predicted molar refractivity (Wildman–Crippen MR) is 103 cm³/mol. The monoisotopic (exact) mass is 369 g/mol. The Balaban J connectivity index is 1.65. The van der Waals surface area contributed by atoms with E-state index in [1.165, 1.54) is 5.56 Å². The molecule has 5 nitrogen and oxygen atoms in total. The minimum Gasteiger partial charge on any atom is -0.378 e. The molecule has 0 aliphatic carbocycles. The first kappa shape index (κ1) is 16.1. The van der Waals surface area contributed by atoms with Gasteiger partial charge >= 0.3 is 0 Å². The number of hydrogen-bond donors (Lipinski definition) is 0. The van der Waals surface area contributed by atoms with Gasteiger partial charge in [-0.25, -0.2) is 0 Å². The fraction of sp³-hybridized carbons (Fsp3) is 0.167. The maximum atomic E-state index is 5.94. The van der Waals surface area contributed by atoms with Crippen LogP contribution in [0.15, 0.2) is 48.5 Å². The molecule has 0 radical (unpaired) electrons. The van der Waals surface area contributed by atoms with Crippen molar-refractivity contribution in [1.29, 1.82) is 0 Å². The summed E-state index contributed by atoms with van der Waals surface area (Å²) in [6.07, 6.45) is 0.754. The second kappa shape index (κ2) is 6.46. The Morgan fingerprint density at radius 1 is 1.00 bits per heavy atom. The molecule has 0 unspecified atom stereocenters. The van der Waals surface area contributed by atoms with Crippen molar-refractivity contribution >= 4 is 33.6 Å². The van der Waals surface area contributed by atoms with E-state index < -0.39 is 0 Å². The zero-order chi connectivity index (χ0) is 17.4. The van der Waals surface area contributed by atoms with Crippen LogP contribution in [0.5, 0.6) is 0 Å². The molecular formula is C18H16ClN5S. The molecule has 0 fully saturated rings. The molecule has 0 aliphatic rings. The van der Waals surface area contributed by atoms with Crippen molar-refractivity contribution in [2.24, 2.45) is 0 Å². The van der Waals surface area contributed by atoms with Crippen molar-refractivity contribution in [3.05, 3.63) is 64.1 Å². The molecule has 0 spiro atoms. The summed E-state index contributed by atoms with van der Waals surface area (Å²) >= 11 is 7.50. The second-order valence-corrected chi connectivity index (χ2v) is 7.44. The largest absolute Gasteiger partial charge is 0.378 e. The lowest BCUT2D eigenvalue weighted by molar-refractivity contribution is 0.918. The van der Waals surface area contributed by atoms with Crippen LogP contribution in [0, 0.1) is 0 Å². The molecule has 4 rings (SSSR count). The van der Waals surface area contributed by atoms with Gasteiger partial charge in [0.2, 0.25) is 4.96 Å². The summed E-state index contributed by atoms with van der Waals surface area (Å²) in [6, 6.07) is 16.1. The van der Waals surface area contributed by atoms with Crippen molar-refractivity contribution in [3.63, 3.8) is 0 Å². The quantitative estimate of drug-likeness (QED) is 0.541. The molecule has 0 bridgehead atoms. The van der Waals surface area contributed by atoms with Gasteiger partial charge in [0.05, 0.1) is 0 Å². The van der Waals surface area contributed by atoms with Crippen molar-refractivity contribution in [1.82, 2.24) is 19.8 Å². The summed E-state index contributed by atoms with van der Waals surface area (Å²) in [5.41, 5.74) is 3.32. The van der Waals surface area contributed by atoms with Gasteiger partial charge in [-0.3, -0.25) is 0 Å². The first-order valence-corrected chi connectivity index (χ1v) is 9.03. The second-order valence-electron chi connectivity index (χ2n) is 5.96. The van der Waals surface area contributed by atoms with Crippen LogP contribution in [0.4, 0.5) is 5.69 Å². The number of nitrogens with zero attached hydrogens (tertiary/aromatic N) is 5. The molecule has 7 heteroatoms. The van der Waals surface area contributed by atoms with Gasteiger partial charge in [-0.15, -0.1) is 10.2 Å². The lowest BCUT2D eigenvalue weighted by Gasteiger charge is -2.11. The van der Waals surface area contributed by atoms with Gasteiger partial charge in [0.15, 0.2) is 5.82 Å². The third-order valence-corrected chi connectivity index (χ3v) is 5.09. The zero-order valence-electron chi connectivity index (χ0n) is 13.8. The highest BCUT2D eigenvalue weighted by Gasteiger charge is 2.14. The lowest BCUT2D eigenvalue weighted by Crippen LogP contribution is -2.08. The van der Waals surface area contributed by atoms with E-state index in [1.807, 2.05) is 55.0 Å². The SMILES string of the molecule is CN(C)c1ccc(-c2nnc3sc(Cc4ccc(Cl)cc4)nn23)cc1. The van der Waals surface area contributed by atoms with Gasteiger partial charge in [-0.2, -0.15) is 9.61 Å². The number of fused-ring (bicyclic) bond motifs is 1. The predicted octanol–water partition coefficient (Wildman–Crippen LogP) is 4.16. The third-order valence-electron chi connectivity index (χ3n) is 3.94. The first-order chi connectivity index (χ1) is 12.1.